The summed E-state index contributed by atoms with van der Waals surface area (Å²) in [5.41, 5.74) is 6.90. The van der Waals surface area contributed by atoms with Gasteiger partial charge in [0.25, 0.3) is 0 Å². The maximum Gasteiger partial charge on any atom is 0.392 e. The van der Waals surface area contributed by atoms with Crippen LogP contribution in [0.4, 0.5) is 13.2 Å². The smallest absolute Gasteiger partial charge is 0.322 e. The summed E-state index contributed by atoms with van der Waals surface area (Å²) in [6, 6.07) is 1.17. The van der Waals surface area contributed by atoms with Crippen LogP contribution >= 0.6 is 0 Å². The van der Waals surface area contributed by atoms with E-state index in [-0.39, 0.29) is 6.42 Å². The molecular formula is C14H22F3N3. The summed E-state index contributed by atoms with van der Waals surface area (Å²) in [6.07, 6.45) is 0.560. The van der Waals surface area contributed by atoms with E-state index in [1.54, 1.807) is 16.9 Å². The molecule has 0 aromatic carbocycles. The van der Waals surface area contributed by atoms with Crippen molar-refractivity contribution in [1.82, 2.24) is 9.78 Å². The highest BCUT2D eigenvalue weighted by molar-refractivity contribution is 5.09. The zero-order valence-corrected chi connectivity index (χ0v) is 11.7. The minimum atomic E-state index is -4.15. The average molecular weight is 289 g/mol. The van der Waals surface area contributed by atoms with E-state index < -0.39 is 24.1 Å². The Morgan fingerprint density at radius 2 is 2.10 bits per heavy atom. The van der Waals surface area contributed by atoms with Crippen molar-refractivity contribution < 1.29 is 13.2 Å². The van der Waals surface area contributed by atoms with Gasteiger partial charge >= 0.3 is 6.18 Å². The molecular weight excluding hydrogens is 267 g/mol. The maximum absolute atomic E-state index is 13.2. The zero-order chi connectivity index (χ0) is 14.8. The van der Waals surface area contributed by atoms with E-state index in [0.717, 1.165) is 18.5 Å². The number of rotatable bonds is 4. The molecule has 20 heavy (non-hydrogen) atoms. The van der Waals surface area contributed by atoms with E-state index in [1.165, 1.54) is 0 Å². The predicted octanol–water partition coefficient (Wildman–Crippen LogP) is 3.66. The number of hydrogen-bond donors (Lipinski definition) is 1. The number of nitrogens with two attached hydrogens (primary N) is 1. The highest BCUT2D eigenvalue weighted by Gasteiger charge is 2.47. The number of aromatic nitrogens is 2. The van der Waals surface area contributed by atoms with E-state index >= 15 is 0 Å². The van der Waals surface area contributed by atoms with Gasteiger partial charge in [0.1, 0.15) is 0 Å². The highest BCUT2D eigenvalue weighted by atomic mass is 19.4. The maximum atomic E-state index is 13.2. The Balaban J connectivity index is 2.21. The minimum absolute atomic E-state index is 0.198. The molecule has 0 bridgehead atoms. The quantitative estimate of drug-likeness (QED) is 0.919. The lowest BCUT2D eigenvalue weighted by Gasteiger charge is -2.36. The number of alkyl halides is 3. The second-order valence-corrected chi connectivity index (χ2v) is 5.60. The molecule has 2 rings (SSSR count). The summed E-state index contributed by atoms with van der Waals surface area (Å²) in [7, 11) is 0. The van der Waals surface area contributed by atoms with E-state index in [4.69, 9.17) is 5.73 Å². The molecule has 3 unspecified atom stereocenters. The molecule has 0 amide bonds. The first-order valence-corrected chi connectivity index (χ1v) is 7.29. The van der Waals surface area contributed by atoms with Crippen LogP contribution < -0.4 is 5.73 Å². The zero-order valence-electron chi connectivity index (χ0n) is 11.7. The lowest BCUT2D eigenvalue weighted by atomic mass is 9.74. The molecule has 1 aliphatic rings. The topological polar surface area (TPSA) is 43.8 Å². The molecule has 1 aromatic rings. The van der Waals surface area contributed by atoms with Gasteiger partial charge in [0.05, 0.1) is 17.7 Å². The lowest BCUT2D eigenvalue weighted by molar-refractivity contribution is -0.198. The molecule has 0 radical (unpaired) electrons. The van der Waals surface area contributed by atoms with Crippen LogP contribution in [0.5, 0.6) is 0 Å². The van der Waals surface area contributed by atoms with Crippen LogP contribution in [0.15, 0.2) is 12.3 Å². The molecule has 2 N–H and O–H groups in total. The molecule has 6 heteroatoms. The summed E-state index contributed by atoms with van der Waals surface area (Å²) < 4.78 is 41.2. The molecule has 3 atom stereocenters. The van der Waals surface area contributed by atoms with Crippen LogP contribution in [-0.2, 0) is 6.54 Å². The number of hydrogen-bond acceptors (Lipinski definition) is 2. The van der Waals surface area contributed by atoms with Crippen molar-refractivity contribution in [3.05, 3.63) is 18.0 Å². The number of aryl methyl sites for hydroxylation is 1. The SMILES string of the molecule is CCCn1nccc1C(N)C1CCCCC1C(F)(F)F. The molecule has 114 valence electrons. The predicted molar refractivity (Wildman–Crippen MR) is 70.9 cm³/mol. The fraction of sp³-hybridized carbons (Fsp3) is 0.786. The monoisotopic (exact) mass is 289 g/mol. The van der Waals surface area contributed by atoms with Gasteiger partial charge in [0.15, 0.2) is 0 Å². The van der Waals surface area contributed by atoms with Gasteiger partial charge < -0.3 is 5.73 Å². The second-order valence-electron chi connectivity index (χ2n) is 5.60. The van der Waals surface area contributed by atoms with Crippen LogP contribution in [0.1, 0.15) is 50.8 Å². The fourth-order valence-electron chi connectivity index (χ4n) is 3.24. The number of nitrogens with zero attached hydrogens (tertiary/aromatic N) is 2. The van der Waals surface area contributed by atoms with E-state index in [1.807, 2.05) is 6.92 Å². The normalized spacial score (nSPS) is 25.6. The van der Waals surface area contributed by atoms with E-state index in [2.05, 4.69) is 5.10 Å². The van der Waals surface area contributed by atoms with Gasteiger partial charge in [-0.15, -0.1) is 0 Å². The first-order chi connectivity index (χ1) is 9.45. The first-order valence-electron chi connectivity index (χ1n) is 7.29. The molecule has 0 saturated heterocycles. The molecule has 1 saturated carbocycles. The molecule has 1 aliphatic carbocycles. The van der Waals surface area contributed by atoms with Gasteiger partial charge in [0, 0.05) is 12.7 Å². The van der Waals surface area contributed by atoms with Crippen LogP contribution in [0, 0.1) is 11.8 Å². The minimum Gasteiger partial charge on any atom is -0.322 e. The van der Waals surface area contributed by atoms with Crippen molar-refractivity contribution in [2.24, 2.45) is 17.6 Å². The Kier molecular flexibility index (Phi) is 4.73. The Labute approximate surface area is 117 Å². The van der Waals surface area contributed by atoms with Gasteiger partial charge in [0.2, 0.25) is 0 Å². The van der Waals surface area contributed by atoms with Crippen molar-refractivity contribution in [3.8, 4) is 0 Å². The summed E-state index contributed by atoms with van der Waals surface area (Å²) in [5, 5.41) is 4.16. The lowest BCUT2D eigenvalue weighted by Crippen LogP contribution is -2.39. The Morgan fingerprint density at radius 1 is 1.40 bits per heavy atom. The first kappa shape index (κ1) is 15.4. The highest BCUT2D eigenvalue weighted by Crippen LogP contribution is 2.45. The Hall–Kier alpha value is -1.04. The number of halogens is 3. The van der Waals surface area contributed by atoms with Crippen molar-refractivity contribution in [3.63, 3.8) is 0 Å². The van der Waals surface area contributed by atoms with Crippen LogP contribution in [0.3, 0.4) is 0 Å². The second kappa shape index (κ2) is 6.16. The average Bonchev–Trinajstić information content (AvgIpc) is 2.85. The van der Waals surface area contributed by atoms with Gasteiger partial charge in [-0.2, -0.15) is 18.3 Å². The van der Waals surface area contributed by atoms with Crippen molar-refractivity contribution >= 4 is 0 Å². The summed E-state index contributed by atoms with van der Waals surface area (Å²) in [4.78, 5) is 0. The third-order valence-electron chi connectivity index (χ3n) is 4.23. The van der Waals surface area contributed by atoms with Gasteiger partial charge in [-0.05, 0) is 31.2 Å². The summed E-state index contributed by atoms with van der Waals surface area (Å²) >= 11 is 0. The standard InChI is InChI=1S/C14H22F3N3/c1-2-9-20-12(7-8-19-20)13(18)10-5-3-4-6-11(10)14(15,16)17/h7-8,10-11,13H,2-6,9,18H2,1H3. The van der Waals surface area contributed by atoms with Gasteiger partial charge in [-0.1, -0.05) is 19.8 Å². The van der Waals surface area contributed by atoms with E-state index in [9.17, 15) is 13.2 Å². The Bertz CT molecular complexity index is 428. The molecule has 0 spiro atoms. The van der Waals surface area contributed by atoms with Crippen LogP contribution in [0.25, 0.3) is 0 Å². The molecule has 1 heterocycles. The van der Waals surface area contributed by atoms with Crippen LogP contribution in [-0.4, -0.2) is 16.0 Å². The van der Waals surface area contributed by atoms with Crippen molar-refractivity contribution in [2.75, 3.05) is 0 Å². The van der Waals surface area contributed by atoms with E-state index in [0.29, 0.717) is 19.4 Å². The molecule has 0 aliphatic heterocycles. The molecule has 1 fully saturated rings. The third-order valence-corrected chi connectivity index (χ3v) is 4.23. The van der Waals surface area contributed by atoms with Crippen molar-refractivity contribution in [2.45, 2.75) is 57.8 Å². The summed E-state index contributed by atoms with van der Waals surface area (Å²) in [5.74, 6) is -1.81. The third kappa shape index (κ3) is 3.16. The molecule has 1 aromatic heterocycles. The van der Waals surface area contributed by atoms with Crippen LogP contribution in [0.2, 0.25) is 0 Å². The van der Waals surface area contributed by atoms with Gasteiger partial charge in [-0.3, -0.25) is 4.68 Å². The fourth-order valence-corrected chi connectivity index (χ4v) is 3.24. The van der Waals surface area contributed by atoms with Gasteiger partial charge in [-0.25, -0.2) is 0 Å². The Morgan fingerprint density at radius 3 is 2.75 bits per heavy atom. The summed E-state index contributed by atoms with van der Waals surface area (Å²) in [6.45, 7) is 2.70. The van der Waals surface area contributed by atoms with Crippen molar-refractivity contribution in [1.29, 1.82) is 0 Å². The molecule has 3 nitrogen and oxygen atoms in total. The largest absolute Gasteiger partial charge is 0.392 e.